The maximum absolute atomic E-state index is 10.8. The average molecular weight is 291 g/mol. The van der Waals surface area contributed by atoms with Gasteiger partial charge in [-0.2, -0.15) is 0 Å². The van der Waals surface area contributed by atoms with Gasteiger partial charge >= 0.3 is 0 Å². The van der Waals surface area contributed by atoms with E-state index in [2.05, 4.69) is 15.4 Å². The van der Waals surface area contributed by atoms with E-state index in [1.807, 2.05) is 6.92 Å². The fourth-order valence-corrected chi connectivity index (χ4v) is 2.33. The fourth-order valence-electron chi connectivity index (χ4n) is 1.55. The van der Waals surface area contributed by atoms with Gasteiger partial charge in [-0.15, -0.1) is 0 Å². The van der Waals surface area contributed by atoms with E-state index in [0.717, 1.165) is 11.1 Å². The minimum atomic E-state index is -0.434. The number of aryl methyl sites for hydroxylation is 1. The molecule has 0 amide bonds. The Hall–Kier alpha value is -2.19. The number of aromatic nitrogens is 2. The molecule has 0 saturated heterocycles. The molecule has 104 valence electrons. The molecular weight excluding hydrogens is 278 g/mol. The maximum atomic E-state index is 10.8. The van der Waals surface area contributed by atoms with Crippen LogP contribution in [0.25, 0.3) is 0 Å². The largest absolute Gasteiger partial charge is 0.324 e. The van der Waals surface area contributed by atoms with Gasteiger partial charge in [-0.05, 0) is 24.1 Å². The molecule has 0 aliphatic rings. The van der Waals surface area contributed by atoms with Crippen molar-refractivity contribution in [3.05, 3.63) is 51.8 Å². The van der Waals surface area contributed by atoms with E-state index in [0.29, 0.717) is 16.6 Å². The molecule has 0 radical (unpaired) electrons. The van der Waals surface area contributed by atoms with Crippen LogP contribution in [-0.4, -0.2) is 14.9 Å². The van der Waals surface area contributed by atoms with E-state index < -0.39 is 4.92 Å². The van der Waals surface area contributed by atoms with E-state index in [9.17, 15) is 10.1 Å². The smallest absolute Gasteiger partial charge is 0.269 e. The number of nitro groups is 1. The molecule has 0 bridgehead atoms. The molecule has 8 heteroatoms. The number of rotatable bonds is 5. The number of anilines is 1. The SMILES string of the molecule is Cc1cnc(SCc2cc([N+](=O)[O-])ccc2NN)nc1. The van der Waals surface area contributed by atoms with Crippen molar-refractivity contribution in [3.63, 3.8) is 0 Å². The molecule has 2 rings (SSSR count). The molecule has 0 atom stereocenters. The van der Waals surface area contributed by atoms with E-state index in [-0.39, 0.29) is 5.69 Å². The van der Waals surface area contributed by atoms with Gasteiger partial charge < -0.3 is 5.43 Å². The molecule has 7 nitrogen and oxygen atoms in total. The molecule has 0 fully saturated rings. The first kappa shape index (κ1) is 14.2. The molecule has 0 aliphatic carbocycles. The summed E-state index contributed by atoms with van der Waals surface area (Å²) >= 11 is 1.39. The van der Waals surface area contributed by atoms with Crippen molar-refractivity contribution in [3.8, 4) is 0 Å². The number of nitro benzene ring substituents is 1. The van der Waals surface area contributed by atoms with Gasteiger partial charge in [-0.3, -0.25) is 16.0 Å². The molecule has 1 aromatic carbocycles. The molecule has 0 saturated carbocycles. The van der Waals surface area contributed by atoms with Crippen LogP contribution >= 0.6 is 11.8 Å². The molecule has 20 heavy (non-hydrogen) atoms. The van der Waals surface area contributed by atoms with Crippen LogP contribution in [0.1, 0.15) is 11.1 Å². The average Bonchev–Trinajstić information content (AvgIpc) is 2.46. The zero-order valence-electron chi connectivity index (χ0n) is 10.7. The number of nitrogen functional groups attached to an aromatic ring is 1. The molecule has 2 aromatic rings. The van der Waals surface area contributed by atoms with Crippen molar-refractivity contribution in [2.75, 3.05) is 5.43 Å². The Labute approximate surface area is 119 Å². The zero-order chi connectivity index (χ0) is 14.5. The highest BCUT2D eigenvalue weighted by Gasteiger charge is 2.11. The maximum Gasteiger partial charge on any atom is 0.269 e. The summed E-state index contributed by atoms with van der Waals surface area (Å²) in [5.74, 6) is 5.90. The van der Waals surface area contributed by atoms with Crippen LogP contribution in [0.5, 0.6) is 0 Å². The second-order valence-corrected chi connectivity index (χ2v) is 5.02. The van der Waals surface area contributed by atoms with Crippen LogP contribution in [0.3, 0.4) is 0 Å². The van der Waals surface area contributed by atoms with E-state index >= 15 is 0 Å². The summed E-state index contributed by atoms with van der Waals surface area (Å²) in [6, 6.07) is 4.49. The number of nitrogens with two attached hydrogens (primary N) is 1. The molecular formula is C12H13N5O2S. The molecule has 1 heterocycles. The molecule has 0 spiro atoms. The number of hydrazine groups is 1. The summed E-state index contributed by atoms with van der Waals surface area (Å²) in [6.45, 7) is 1.91. The minimum Gasteiger partial charge on any atom is -0.324 e. The van der Waals surface area contributed by atoms with Crippen LogP contribution in [0.15, 0.2) is 35.7 Å². The molecule has 1 aromatic heterocycles. The van der Waals surface area contributed by atoms with E-state index in [1.165, 1.54) is 23.9 Å². The van der Waals surface area contributed by atoms with Gasteiger partial charge in [0.1, 0.15) is 0 Å². The van der Waals surface area contributed by atoms with E-state index in [4.69, 9.17) is 5.84 Å². The third-order valence-corrected chi connectivity index (χ3v) is 3.49. The van der Waals surface area contributed by atoms with Gasteiger partial charge in [-0.25, -0.2) is 9.97 Å². The number of benzene rings is 1. The highest BCUT2D eigenvalue weighted by atomic mass is 32.2. The summed E-state index contributed by atoms with van der Waals surface area (Å²) < 4.78 is 0. The van der Waals surface area contributed by atoms with Gasteiger partial charge in [0.15, 0.2) is 5.16 Å². The lowest BCUT2D eigenvalue weighted by atomic mass is 10.2. The summed E-state index contributed by atoms with van der Waals surface area (Å²) in [5.41, 5.74) is 4.92. The topological polar surface area (TPSA) is 107 Å². The molecule has 0 unspecified atom stereocenters. The van der Waals surface area contributed by atoms with Gasteiger partial charge in [0, 0.05) is 30.3 Å². The van der Waals surface area contributed by atoms with Crippen molar-refractivity contribution >= 4 is 23.1 Å². The fraction of sp³-hybridized carbons (Fsp3) is 0.167. The molecule has 0 aliphatic heterocycles. The zero-order valence-corrected chi connectivity index (χ0v) is 11.6. The first-order valence-electron chi connectivity index (χ1n) is 5.75. The Bertz CT molecular complexity index is 618. The third kappa shape index (κ3) is 3.43. The van der Waals surface area contributed by atoms with Crippen LogP contribution in [-0.2, 0) is 5.75 Å². The highest BCUT2D eigenvalue weighted by molar-refractivity contribution is 7.98. The van der Waals surface area contributed by atoms with Gasteiger partial charge in [0.2, 0.25) is 0 Å². The van der Waals surface area contributed by atoms with Crippen LogP contribution in [0.4, 0.5) is 11.4 Å². The number of nitrogens with one attached hydrogen (secondary N) is 1. The second-order valence-electron chi connectivity index (χ2n) is 4.07. The number of hydrogen-bond acceptors (Lipinski definition) is 7. The Balaban J connectivity index is 2.16. The first-order chi connectivity index (χ1) is 9.60. The van der Waals surface area contributed by atoms with Gasteiger partial charge in [-0.1, -0.05) is 11.8 Å². The number of nitrogens with zero attached hydrogens (tertiary/aromatic N) is 3. The lowest BCUT2D eigenvalue weighted by Crippen LogP contribution is -2.09. The third-order valence-electron chi connectivity index (χ3n) is 2.57. The number of thioether (sulfide) groups is 1. The summed E-state index contributed by atoms with van der Waals surface area (Å²) in [6.07, 6.45) is 3.45. The quantitative estimate of drug-likeness (QED) is 0.286. The van der Waals surface area contributed by atoms with Crippen LogP contribution in [0.2, 0.25) is 0 Å². The summed E-state index contributed by atoms with van der Waals surface area (Å²) in [7, 11) is 0. The van der Waals surface area contributed by atoms with Crippen molar-refractivity contribution in [2.45, 2.75) is 17.8 Å². The number of hydrogen-bond donors (Lipinski definition) is 2. The molecule has 3 N–H and O–H groups in total. The Morgan fingerprint density at radius 1 is 1.40 bits per heavy atom. The Morgan fingerprint density at radius 2 is 2.10 bits per heavy atom. The second kappa shape index (κ2) is 6.31. The highest BCUT2D eigenvalue weighted by Crippen LogP contribution is 2.27. The standard InChI is InChI=1S/C12H13N5O2S/c1-8-5-14-12(15-6-8)20-7-9-4-10(17(18)19)2-3-11(9)16-13/h2-6,16H,7,13H2,1H3. The van der Waals surface area contributed by atoms with E-state index in [1.54, 1.807) is 18.5 Å². The lowest BCUT2D eigenvalue weighted by molar-refractivity contribution is -0.384. The van der Waals surface area contributed by atoms with Crippen molar-refractivity contribution in [1.82, 2.24) is 9.97 Å². The van der Waals surface area contributed by atoms with Gasteiger partial charge in [0.25, 0.3) is 5.69 Å². The Kier molecular flexibility index (Phi) is 4.49. The Morgan fingerprint density at radius 3 is 2.70 bits per heavy atom. The van der Waals surface area contributed by atoms with Crippen molar-refractivity contribution in [2.24, 2.45) is 5.84 Å². The van der Waals surface area contributed by atoms with Crippen molar-refractivity contribution in [1.29, 1.82) is 0 Å². The summed E-state index contributed by atoms with van der Waals surface area (Å²) in [5, 5.41) is 11.4. The lowest BCUT2D eigenvalue weighted by Gasteiger charge is -2.08. The monoisotopic (exact) mass is 291 g/mol. The van der Waals surface area contributed by atoms with Crippen molar-refractivity contribution < 1.29 is 4.92 Å². The van der Waals surface area contributed by atoms with Crippen LogP contribution < -0.4 is 11.3 Å². The predicted molar refractivity (Wildman–Crippen MR) is 77.2 cm³/mol. The van der Waals surface area contributed by atoms with Gasteiger partial charge in [0.05, 0.1) is 10.6 Å². The van der Waals surface area contributed by atoms with Crippen LogP contribution in [0, 0.1) is 17.0 Å². The minimum absolute atomic E-state index is 0.0319. The normalized spacial score (nSPS) is 10.3. The first-order valence-corrected chi connectivity index (χ1v) is 6.74. The predicted octanol–water partition coefficient (Wildman–Crippen LogP) is 2.27. The number of non-ortho nitro benzene ring substituents is 1. The summed E-state index contributed by atoms with van der Waals surface area (Å²) in [4.78, 5) is 18.7.